The van der Waals surface area contributed by atoms with Crippen LogP contribution in [0, 0.1) is 12.2 Å². The number of ether oxygens (including phenoxy) is 1. The first-order valence-electron chi connectivity index (χ1n) is 5.91. The highest BCUT2D eigenvalue weighted by atomic mass is 19.4. The molecule has 0 aliphatic heterocycles. The molecule has 115 valence electrons. The minimum absolute atomic E-state index is 0.0753. The summed E-state index contributed by atoms with van der Waals surface area (Å²) in [6.07, 6.45) is -4.47. The van der Waals surface area contributed by atoms with E-state index in [4.69, 9.17) is 5.73 Å². The average molecular weight is 313 g/mol. The summed E-state index contributed by atoms with van der Waals surface area (Å²) >= 11 is 0. The molecule has 1 aromatic heterocycles. The van der Waals surface area contributed by atoms with E-state index in [2.05, 4.69) is 9.72 Å². The van der Waals surface area contributed by atoms with Gasteiger partial charge in [-0.15, -0.1) is 0 Å². The van der Waals surface area contributed by atoms with Crippen LogP contribution in [0.5, 0.6) is 5.88 Å². The van der Waals surface area contributed by atoms with Crippen molar-refractivity contribution in [2.24, 2.45) is 5.73 Å². The number of pyridine rings is 1. The van der Waals surface area contributed by atoms with Crippen molar-refractivity contribution in [1.82, 2.24) is 4.98 Å². The molecule has 1 radical (unpaired) electrons. The zero-order valence-corrected chi connectivity index (χ0v) is 10.9. The van der Waals surface area contributed by atoms with Crippen LogP contribution in [0.15, 0.2) is 36.4 Å². The Labute approximate surface area is 122 Å². The second-order valence-electron chi connectivity index (χ2n) is 4.20. The van der Waals surface area contributed by atoms with Crippen LogP contribution in [-0.4, -0.2) is 11.1 Å². The highest BCUT2D eigenvalue weighted by molar-refractivity contribution is 5.67. The summed E-state index contributed by atoms with van der Waals surface area (Å²) in [6.45, 7) is 0. The van der Waals surface area contributed by atoms with Crippen molar-refractivity contribution in [2.45, 2.75) is 6.18 Å². The zero-order valence-electron chi connectivity index (χ0n) is 10.9. The number of hydrogen-bond donors (Lipinski definition) is 1. The molecule has 1 aromatic carbocycles. The van der Waals surface area contributed by atoms with E-state index in [0.717, 1.165) is 12.1 Å². The minimum Gasteiger partial charge on any atom is -0.391 e. The molecule has 1 amide bonds. The number of aromatic nitrogens is 1. The molecule has 0 bridgehead atoms. The summed E-state index contributed by atoms with van der Waals surface area (Å²) in [4.78, 5) is 14.5. The van der Waals surface area contributed by atoms with Crippen molar-refractivity contribution >= 4 is 6.09 Å². The van der Waals surface area contributed by atoms with Gasteiger partial charge in [-0.1, -0.05) is 12.1 Å². The van der Waals surface area contributed by atoms with Crippen molar-refractivity contribution in [1.29, 1.82) is 0 Å². The number of carbonyl (C=O) groups excluding carboxylic acids is 1. The van der Waals surface area contributed by atoms with Gasteiger partial charge >= 0.3 is 12.3 Å². The van der Waals surface area contributed by atoms with Gasteiger partial charge in [-0.2, -0.15) is 13.2 Å². The Kier molecular flexibility index (Phi) is 4.30. The smallest absolute Gasteiger partial charge is 0.391 e. The third-order valence-electron chi connectivity index (χ3n) is 2.56. The standard InChI is InChI=1S/C14H9F4N2O2/c15-11-7-8(4-5-10(11)14(16,17)18)6-9-2-1-3-12(20-9)22-13(19)21/h1-7H,(H2,19,21). The van der Waals surface area contributed by atoms with E-state index in [1.165, 1.54) is 24.6 Å². The van der Waals surface area contributed by atoms with Crippen LogP contribution in [-0.2, 0) is 6.18 Å². The number of nitrogens with two attached hydrogens (primary N) is 1. The number of primary amides is 1. The van der Waals surface area contributed by atoms with Crippen LogP contribution in [0.1, 0.15) is 16.8 Å². The summed E-state index contributed by atoms with van der Waals surface area (Å²) in [5.74, 6) is -1.46. The summed E-state index contributed by atoms with van der Waals surface area (Å²) < 4.78 is 55.4. The Morgan fingerprint density at radius 2 is 1.95 bits per heavy atom. The van der Waals surface area contributed by atoms with E-state index >= 15 is 0 Å². The molecule has 0 unspecified atom stereocenters. The van der Waals surface area contributed by atoms with Gasteiger partial charge in [0.25, 0.3) is 0 Å². The lowest BCUT2D eigenvalue weighted by atomic mass is 10.1. The maximum Gasteiger partial charge on any atom is 0.419 e. The van der Waals surface area contributed by atoms with Crippen LogP contribution in [0.4, 0.5) is 22.4 Å². The number of rotatable bonds is 3. The largest absolute Gasteiger partial charge is 0.419 e. The van der Waals surface area contributed by atoms with Crippen LogP contribution in [0.25, 0.3) is 0 Å². The van der Waals surface area contributed by atoms with Crippen molar-refractivity contribution in [3.63, 3.8) is 0 Å². The van der Waals surface area contributed by atoms with E-state index in [1.54, 1.807) is 0 Å². The summed E-state index contributed by atoms with van der Waals surface area (Å²) in [7, 11) is 0. The van der Waals surface area contributed by atoms with Crippen molar-refractivity contribution < 1.29 is 27.1 Å². The number of halogens is 4. The molecule has 8 heteroatoms. The number of benzene rings is 1. The molecule has 2 N–H and O–H groups in total. The fourth-order valence-electron chi connectivity index (χ4n) is 1.69. The van der Waals surface area contributed by atoms with E-state index < -0.39 is 23.7 Å². The lowest BCUT2D eigenvalue weighted by Crippen LogP contribution is -2.17. The van der Waals surface area contributed by atoms with E-state index in [9.17, 15) is 22.4 Å². The maximum atomic E-state index is 13.5. The molecular weight excluding hydrogens is 304 g/mol. The fraction of sp³-hybridized carbons (Fsp3) is 0.0714. The first kappa shape index (κ1) is 15.7. The molecule has 0 spiro atoms. The molecule has 2 rings (SSSR count). The lowest BCUT2D eigenvalue weighted by Gasteiger charge is -2.09. The fourth-order valence-corrected chi connectivity index (χ4v) is 1.69. The number of nitrogens with zero attached hydrogens (tertiary/aromatic N) is 1. The summed E-state index contributed by atoms with van der Waals surface area (Å²) in [5, 5.41) is 0. The van der Waals surface area contributed by atoms with E-state index in [1.807, 2.05) is 0 Å². The second-order valence-corrected chi connectivity index (χ2v) is 4.20. The van der Waals surface area contributed by atoms with Gasteiger partial charge in [-0.25, -0.2) is 14.2 Å². The van der Waals surface area contributed by atoms with Gasteiger partial charge in [0.15, 0.2) is 0 Å². The van der Waals surface area contributed by atoms with Gasteiger partial charge in [0, 0.05) is 12.5 Å². The molecule has 2 aromatic rings. The second kappa shape index (κ2) is 6.00. The number of carbonyl (C=O) groups is 1. The Morgan fingerprint density at radius 1 is 1.23 bits per heavy atom. The first-order valence-corrected chi connectivity index (χ1v) is 5.91. The highest BCUT2D eigenvalue weighted by Crippen LogP contribution is 2.32. The predicted octanol–water partition coefficient (Wildman–Crippen LogP) is 3.30. The van der Waals surface area contributed by atoms with Gasteiger partial charge in [-0.05, 0) is 23.8 Å². The van der Waals surface area contributed by atoms with Crippen LogP contribution in [0.3, 0.4) is 0 Å². The molecule has 0 atom stereocenters. The average Bonchev–Trinajstić information content (AvgIpc) is 2.36. The van der Waals surface area contributed by atoms with Crippen LogP contribution in [0.2, 0.25) is 0 Å². The molecule has 0 saturated carbocycles. The monoisotopic (exact) mass is 313 g/mol. The molecule has 22 heavy (non-hydrogen) atoms. The minimum atomic E-state index is -4.75. The molecule has 0 aliphatic rings. The van der Waals surface area contributed by atoms with Gasteiger partial charge in [0.2, 0.25) is 5.88 Å². The topological polar surface area (TPSA) is 65.2 Å². The van der Waals surface area contributed by atoms with Crippen molar-refractivity contribution in [2.75, 3.05) is 0 Å². The predicted molar refractivity (Wildman–Crippen MR) is 68.4 cm³/mol. The van der Waals surface area contributed by atoms with Gasteiger partial charge in [0.1, 0.15) is 5.82 Å². The Hall–Kier alpha value is -2.64. The summed E-state index contributed by atoms with van der Waals surface area (Å²) in [5.41, 5.74) is 3.93. The normalized spacial score (nSPS) is 11.3. The zero-order chi connectivity index (χ0) is 16.3. The number of amides is 1. The molecule has 0 aliphatic carbocycles. The van der Waals surface area contributed by atoms with E-state index in [-0.39, 0.29) is 17.1 Å². The molecule has 0 fully saturated rings. The molecule has 1 heterocycles. The molecule has 4 nitrogen and oxygen atoms in total. The quantitative estimate of drug-likeness (QED) is 0.884. The van der Waals surface area contributed by atoms with E-state index in [0.29, 0.717) is 6.07 Å². The number of hydrogen-bond acceptors (Lipinski definition) is 3. The molecular formula is C14H9F4N2O2. The third kappa shape index (κ3) is 3.94. The van der Waals surface area contributed by atoms with Crippen LogP contribution >= 0.6 is 0 Å². The van der Waals surface area contributed by atoms with Gasteiger partial charge < -0.3 is 10.5 Å². The Balaban J connectivity index is 2.21. The number of alkyl halides is 3. The van der Waals surface area contributed by atoms with Crippen molar-refractivity contribution in [3.8, 4) is 5.88 Å². The highest BCUT2D eigenvalue weighted by Gasteiger charge is 2.33. The lowest BCUT2D eigenvalue weighted by molar-refractivity contribution is -0.140. The Morgan fingerprint density at radius 3 is 2.55 bits per heavy atom. The van der Waals surface area contributed by atoms with Gasteiger partial charge in [-0.3, -0.25) is 0 Å². The third-order valence-corrected chi connectivity index (χ3v) is 2.56. The SMILES string of the molecule is NC(=O)Oc1cccc([CH]c2ccc(C(F)(F)F)c(F)c2)n1. The summed E-state index contributed by atoms with van der Waals surface area (Å²) in [6, 6.07) is 6.86. The maximum absolute atomic E-state index is 13.5. The van der Waals surface area contributed by atoms with Gasteiger partial charge in [0.05, 0.1) is 11.3 Å². The Bertz CT molecular complexity index is 701. The molecule has 0 saturated heterocycles. The first-order chi connectivity index (χ1) is 10.3. The van der Waals surface area contributed by atoms with Crippen LogP contribution < -0.4 is 10.5 Å². The van der Waals surface area contributed by atoms with Crippen molar-refractivity contribution in [3.05, 3.63) is 65.5 Å².